The first-order valence-electron chi connectivity index (χ1n) is 6.18. The second kappa shape index (κ2) is 8.93. The smallest absolute Gasteiger partial charge is 0.232 e. The second-order valence-electron chi connectivity index (χ2n) is 4.06. The molecule has 0 atom stereocenters. The molecule has 1 aromatic carbocycles. The summed E-state index contributed by atoms with van der Waals surface area (Å²) >= 11 is 1.08. The molecule has 0 heterocycles. The zero-order valence-corrected chi connectivity index (χ0v) is 12.0. The number of hydrogen-bond donors (Lipinski definition) is 0. The normalized spacial score (nSPS) is 9.71. The molecule has 0 radical (unpaired) electrons. The lowest BCUT2D eigenvalue weighted by atomic mass is 10.3. The summed E-state index contributed by atoms with van der Waals surface area (Å²) in [6, 6.07) is 7.31. The molecule has 0 bridgehead atoms. The zero-order valence-electron chi connectivity index (χ0n) is 11.2. The number of carbonyl (C=O) groups excluding carboxylic acids is 1. The van der Waals surface area contributed by atoms with Crippen LogP contribution in [-0.2, 0) is 4.79 Å². The maximum Gasteiger partial charge on any atom is 0.232 e. The van der Waals surface area contributed by atoms with E-state index < -0.39 is 11.6 Å². The molecule has 0 N–H and O–H groups in total. The Kier molecular flexibility index (Phi) is 7.20. The van der Waals surface area contributed by atoms with Crippen molar-refractivity contribution < 1.29 is 13.6 Å². The predicted octanol–water partition coefficient (Wildman–Crippen LogP) is 2.71. The van der Waals surface area contributed by atoms with Crippen LogP contribution >= 0.6 is 11.8 Å². The highest BCUT2D eigenvalue weighted by Gasteiger charge is 2.13. The van der Waals surface area contributed by atoms with E-state index >= 15 is 0 Å². The molecule has 0 spiro atoms. The Hall–Kier alpha value is -2.12. The second-order valence-corrected chi connectivity index (χ2v) is 5.11. The molecule has 1 rings (SSSR count). The summed E-state index contributed by atoms with van der Waals surface area (Å²) in [5.74, 6) is -2.09. The van der Waals surface area contributed by atoms with Crippen LogP contribution in [0.4, 0.5) is 8.78 Å². The molecule has 0 unspecified atom stereocenters. The Balaban J connectivity index is 2.57. The van der Waals surface area contributed by atoms with E-state index in [4.69, 9.17) is 10.5 Å². The molecule has 21 heavy (non-hydrogen) atoms. The first-order chi connectivity index (χ1) is 10.1. The maximum absolute atomic E-state index is 13.0. The number of nitriles is 2. The van der Waals surface area contributed by atoms with E-state index in [0.717, 1.165) is 23.9 Å². The van der Waals surface area contributed by atoms with Gasteiger partial charge in [-0.2, -0.15) is 10.5 Å². The van der Waals surface area contributed by atoms with Gasteiger partial charge < -0.3 is 4.90 Å². The number of thioether (sulfide) groups is 1. The van der Waals surface area contributed by atoms with Gasteiger partial charge in [-0.3, -0.25) is 4.79 Å². The van der Waals surface area contributed by atoms with E-state index in [1.165, 1.54) is 11.0 Å². The van der Waals surface area contributed by atoms with Crippen LogP contribution in [0.3, 0.4) is 0 Å². The van der Waals surface area contributed by atoms with Gasteiger partial charge in [0.2, 0.25) is 5.91 Å². The van der Waals surface area contributed by atoms with Gasteiger partial charge in [0.1, 0.15) is 0 Å². The van der Waals surface area contributed by atoms with E-state index in [9.17, 15) is 13.6 Å². The standard InChI is InChI=1S/C14H13F2N3OS/c15-12-4-3-11(9-13(12)16)21-10-14(20)19(7-1-5-17)8-2-6-18/h3-4,9H,1-2,7-8,10H2. The van der Waals surface area contributed by atoms with Crippen molar-refractivity contribution >= 4 is 17.7 Å². The van der Waals surface area contributed by atoms with E-state index in [0.29, 0.717) is 4.90 Å². The zero-order chi connectivity index (χ0) is 15.7. The molecule has 0 aromatic heterocycles. The largest absolute Gasteiger partial charge is 0.340 e. The molecule has 0 saturated heterocycles. The highest BCUT2D eigenvalue weighted by atomic mass is 32.2. The number of amides is 1. The van der Waals surface area contributed by atoms with Crippen molar-refractivity contribution in [3.8, 4) is 12.1 Å². The SMILES string of the molecule is N#CCCN(CCC#N)C(=O)CSc1ccc(F)c(F)c1. The quantitative estimate of drug-likeness (QED) is 0.726. The van der Waals surface area contributed by atoms with Crippen molar-refractivity contribution in [1.82, 2.24) is 4.90 Å². The molecule has 0 saturated carbocycles. The number of benzene rings is 1. The number of nitrogens with zero attached hydrogens (tertiary/aromatic N) is 3. The molecule has 1 aromatic rings. The summed E-state index contributed by atoms with van der Waals surface area (Å²) in [6.07, 6.45) is 0.375. The van der Waals surface area contributed by atoms with Gasteiger partial charge in [-0.25, -0.2) is 8.78 Å². The highest BCUT2D eigenvalue weighted by molar-refractivity contribution is 8.00. The van der Waals surface area contributed by atoms with E-state index in [1.807, 2.05) is 12.1 Å². The third-order valence-corrected chi connectivity index (χ3v) is 3.57. The lowest BCUT2D eigenvalue weighted by Gasteiger charge is -2.20. The fourth-order valence-corrected chi connectivity index (χ4v) is 2.36. The summed E-state index contributed by atoms with van der Waals surface area (Å²) in [7, 11) is 0. The van der Waals surface area contributed by atoms with Crippen LogP contribution in [0.1, 0.15) is 12.8 Å². The van der Waals surface area contributed by atoms with Gasteiger partial charge in [0.25, 0.3) is 0 Å². The molecule has 1 amide bonds. The van der Waals surface area contributed by atoms with Gasteiger partial charge in [0.15, 0.2) is 11.6 Å². The van der Waals surface area contributed by atoms with E-state index in [1.54, 1.807) is 0 Å². The Labute approximate surface area is 126 Å². The van der Waals surface area contributed by atoms with Crippen molar-refractivity contribution in [3.05, 3.63) is 29.8 Å². The van der Waals surface area contributed by atoms with Crippen molar-refractivity contribution in [2.75, 3.05) is 18.8 Å². The summed E-state index contributed by atoms with van der Waals surface area (Å²) in [6.45, 7) is 0.519. The van der Waals surface area contributed by atoms with Crippen LogP contribution in [0.2, 0.25) is 0 Å². The van der Waals surface area contributed by atoms with Gasteiger partial charge in [0.05, 0.1) is 30.7 Å². The summed E-state index contributed by atoms with van der Waals surface area (Å²) in [4.78, 5) is 13.9. The van der Waals surface area contributed by atoms with Crippen LogP contribution < -0.4 is 0 Å². The lowest BCUT2D eigenvalue weighted by Crippen LogP contribution is -2.34. The predicted molar refractivity (Wildman–Crippen MR) is 74.1 cm³/mol. The first-order valence-corrected chi connectivity index (χ1v) is 7.16. The highest BCUT2D eigenvalue weighted by Crippen LogP contribution is 2.20. The van der Waals surface area contributed by atoms with E-state index in [-0.39, 0.29) is 37.6 Å². The topological polar surface area (TPSA) is 67.9 Å². The van der Waals surface area contributed by atoms with Crippen LogP contribution in [0.25, 0.3) is 0 Å². The Morgan fingerprint density at radius 1 is 1.14 bits per heavy atom. The van der Waals surface area contributed by atoms with Gasteiger partial charge in [-0.15, -0.1) is 11.8 Å². The first kappa shape index (κ1) is 16.9. The molecule has 0 aliphatic rings. The van der Waals surface area contributed by atoms with Crippen molar-refractivity contribution in [3.63, 3.8) is 0 Å². The molecule has 0 aliphatic heterocycles. The monoisotopic (exact) mass is 309 g/mol. The van der Waals surface area contributed by atoms with Gasteiger partial charge >= 0.3 is 0 Å². The van der Waals surface area contributed by atoms with Gasteiger partial charge in [0, 0.05) is 18.0 Å². The minimum Gasteiger partial charge on any atom is -0.340 e. The van der Waals surface area contributed by atoms with Gasteiger partial charge in [-0.1, -0.05) is 0 Å². The molecular formula is C14H13F2N3OS. The fraction of sp³-hybridized carbons (Fsp3) is 0.357. The third-order valence-electron chi connectivity index (χ3n) is 2.59. The average molecular weight is 309 g/mol. The lowest BCUT2D eigenvalue weighted by molar-refractivity contribution is -0.128. The Bertz CT molecular complexity index is 563. The minimum atomic E-state index is -0.960. The van der Waals surface area contributed by atoms with Crippen LogP contribution in [-0.4, -0.2) is 29.6 Å². The van der Waals surface area contributed by atoms with Gasteiger partial charge in [-0.05, 0) is 18.2 Å². The molecule has 4 nitrogen and oxygen atoms in total. The number of hydrogen-bond acceptors (Lipinski definition) is 4. The molecular weight excluding hydrogens is 296 g/mol. The summed E-state index contributed by atoms with van der Waals surface area (Å²) < 4.78 is 25.8. The number of carbonyl (C=O) groups is 1. The number of halogens is 2. The summed E-state index contributed by atoms with van der Waals surface area (Å²) in [5.41, 5.74) is 0. The van der Waals surface area contributed by atoms with Crippen molar-refractivity contribution in [2.24, 2.45) is 0 Å². The fourth-order valence-electron chi connectivity index (χ4n) is 1.53. The molecule has 0 fully saturated rings. The molecule has 7 heteroatoms. The van der Waals surface area contributed by atoms with E-state index in [2.05, 4.69) is 0 Å². The van der Waals surface area contributed by atoms with Crippen LogP contribution in [0.15, 0.2) is 23.1 Å². The third kappa shape index (κ3) is 5.80. The van der Waals surface area contributed by atoms with Crippen molar-refractivity contribution in [2.45, 2.75) is 17.7 Å². The average Bonchev–Trinajstić information content (AvgIpc) is 2.48. The minimum absolute atomic E-state index is 0.0436. The number of rotatable bonds is 7. The van der Waals surface area contributed by atoms with Crippen LogP contribution in [0, 0.1) is 34.3 Å². The van der Waals surface area contributed by atoms with Crippen LogP contribution in [0.5, 0.6) is 0 Å². The Morgan fingerprint density at radius 3 is 2.29 bits per heavy atom. The maximum atomic E-state index is 13.0. The Morgan fingerprint density at radius 2 is 1.76 bits per heavy atom. The molecule has 110 valence electrons. The van der Waals surface area contributed by atoms with Crippen molar-refractivity contribution in [1.29, 1.82) is 10.5 Å². The summed E-state index contributed by atoms with van der Waals surface area (Å²) in [5, 5.41) is 17.1. The molecule has 0 aliphatic carbocycles.